The molecule has 0 fully saturated rings. The van der Waals surface area contributed by atoms with Crippen LogP contribution in [-0.4, -0.2) is 6.04 Å². The van der Waals surface area contributed by atoms with E-state index in [9.17, 15) is 8.78 Å². The van der Waals surface area contributed by atoms with E-state index in [1.807, 2.05) is 19.9 Å². The van der Waals surface area contributed by atoms with E-state index < -0.39 is 11.6 Å². The van der Waals surface area contributed by atoms with Gasteiger partial charge in [0.05, 0.1) is 0 Å². The molecule has 0 aliphatic carbocycles. The first-order chi connectivity index (χ1) is 9.47. The van der Waals surface area contributed by atoms with Gasteiger partial charge >= 0.3 is 0 Å². The van der Waals surface area contributed by atoms with Crippen LogP contribution in [-0.2, 0) is 6.54 Å². The first-order valence-electron chi connectivity index (χ1n) is 6.44. The molecule has 0 spiro atoms. The minimum absolute atomic E-state index is 0.331. The molecule has 2 aromatic rings. The van der Waals surface area contributed by atoms with Crippen molar-refractivity contribution >= 4 is 11.6 Å². The van der Waals surface area contributed by atoms with Gasteiger partial charge in [-0.2, -0.15) is 0 Å². The monoisotopic (exact) mass is 295 g/mol. The maximum absolute atomic E-state index is 13.8. The fourth-order valence-electron chi connectivity index (χ4n) is 1.92. The summed E-state index contributed by atoms with van der Waals surface area (Å²) in [4.78, 5) is 0. The van der Waals surface area contributed by atoms with E-state index in [1.165, 1.54) is 12.1 Å². The van der Waals surface area contributed by atoms with Crippen molar-refractivity contribution < 1.29 is 8.78 Å². The van der Waals surface area contributed by atoms with E-state index in [4.69, 9.17) is 11.6 Å². The summed E-state index contributed by atoms with van der Waals surface area (Å²) in [7, 11) is 0. The molecule has 0 atom stereocenters. The smallest absolute Gasteiger partial charge is 0.133 e. The first kappa shape index (κ1) is 14.9. The second-order valence-corrected chi connectivity index (χ2v) is 5.37. The number of rotatable bonds is 4. The van der Waals surface area contributed by atoms with Gasteiger partial charge in [0.1, 0.15) is 11.6 Å². The lowest BCUT2D eigenvalue weighted by Crippen LogP contribution is -2.22. The van der Waals surface area contributed by atoms with Crippen LogP contribution in [0.25, 0.3) is 11.1 Å². The Balaban J connectivity index is 2.35. The van der Waals surface area contributed by atoms with Crippen LogP contribution in [0.15, 0.2) is 36.4 Å². The molecular formula is C16H16ClF2N. The highest BCUT2D eigenvalue weighted by atomic mass is 35.5. The first-order valence-corrected chi connectivity index (χ1v) is 6.82. The summed E-state index contributed by atoms with van der Waals surface area (Å²) in [6, 6.07) is 9.20. The Morgan fingerprint density at radius 2 is 1.85 bits per heavy atom. The zero-order chi connectivity index (χ0) is 14.7. The highest BCUT2D eigenvalue weighted by molar-refractivity contribution is 6.31. The van der Waals surface area contributed by atoms with Crippen molar-refractivity contribution in [1.29, 1.82) is 0 Å². The normalized spacial score (nSPS) is 11.1. The average Bonchev–Trinajstić information content (AvgIpc) is 2.38. The molecule has 2 aromatic carbocycles. The van der Waals surface area contributed by atoms with Crippen LogP contribution in [0.2, 0.25) is 5.02 Å². The molecule has 0 bridgehead atoms. The fraction of sp³-hybridized carbons (Fsp3) is 0.250. The van der Waals surface area contributed by atoms with Gasteiger partial charge in [-0.05, 0) is 35.4 Å². The van der Waals surface area contributed by atoms with Gasteiger partial charge in [0, 0.05) is 29.2 Å². The van der Waals surface area contributed by atoms with Crippen molar-refractivity contribution in [2.75, 3.05) is 0 Å². The topological polar surface area (TPSA) is 12.0 Å². The summed E-state index contributed by atoms with van der Waals surface area (Å²) in [5.74, 6) is -1.16. The van der Waals surface area contributed by atoms with Gasteiger partial charge in [0.2, 0.25) is 0 Å². The van der Waals surface area contributed by atoms with Crippen LogP contribution < -0.4 is 5.32 Å². The maximum atomic E-state index is 13.8. The Kier molecular flexibility index (Phi) is 4.73. The standard InChI is InChI=1S/C16H16ClF2N/c1-10(2)20-9-12-7-11(3-6-15(12)17)14-5-4-13(18)8-16(14)19/h3-8,10,20H,9H2,1-2H3. The Hall–Kier alpha value is -1.45. The quantitative estimate of drug-likeness (QED) is 0.855. The van der Waals surface area contributed by atoms with Crippen LogP contribution in [0, 0.1) is 11.6 Å². The summed E-state index contributed by atoms with van der Waals surface area (Å²) in [5, 5.41) is 3.90. The lowest BCUT2D eigenvalue weighted by Gasteiger charge is -2.12. The molecule has 0 amide bonds. The Bertz CT molecular complexity index is 611. The molecule has 0 aliphatic rings. The van der Waals surface area contributed by atoms with E-state index in [2.05, 4.69) is 5.32 Å². The van der Waals surface area contributed by atoms with Crippen molar-refractivity contribution in [1.82, 2.24) is 5.32 Å². The lowest BCUT2D eigenvalue weighted by atomic mass is 10.0. The summed E-state index contributed by atoms with van der Waals surface area (Å²) in [6.07, 6.45) is 0. The molecule has 106 valence electrons. The lowest BCUT2D eigenvalue weighted by molar-refractivity contribution is 0.585. The number of benzene rings is 2. The minimum Gasteiger partial charge on any atom is -0.310 e. The van der Waals surface area contributed by atoms with Gasteiger partial charge in [-0.25, -0.2) is 8.78 Å². The molecular weight excluding hydrogens is 280 g/mol. The van der Waals surface area contributed by atoms with Gasteiger partial charge in [0.25, 0.3) is 0 Å². The van der Waals surface area contributed by atoms with Crippen molar-refractivity contribution in [3.63, 3.8) is 0 Å². The number of nitrogens with one attached hydrogen (secondary N) is 1. The predicted octanol–water partition coefficient (Wildman–Crippen LogP) is 4.78. The van der Waals surface area contributed by atoms with E-state index in [0.717, 1.165) is 11.6 Å². The highest BCUT2D eigenvalue weighted by Gasteiger charge is 2.09. The van der Waals surface area contributed by atoms with Gasteiger partial charge in [0.15, 0.2) is 0 Å². The van der Waals surface area contributed by atoms with Gasteiger partial charge < -0.3 is 5.32 Å². The molecule has 20 heavy (non-hydrogen) atoms. The SMILES string of the molecule is CC(C)NCc1cc(-c2ccc(F)cc2F)ccc1Cl. The molecule has 1 nitrogen and oxygen atoms in total. The second kappa shape index (κ2) is 6.33. The van der Waals surface area contributed by atoms with Gasteiger partial charge in [-0.3, -0.25) is 0 Å². The predicted molar refractivity (Wildman–Crippen MR) is 78.8 cm³/mol. The van der Waals surface area contributed by atoms with Crippen LogP contribution in [0.3, 0.4) is 0 Å². The molecule has 2 rings (SSSR count). The number of halogens is 3. The molecule has 0 unspecified atom stereocenters. The Morgan fingerprint density at radius 1 is 1.10 bits per heavy atom. The summed E-state index contributed by atoms with van der Waals surface area (Å²) in [6.45, 7) is 4.68. The summed E-state index contributed by atoms with van der Waals surface area (Å²) < 4.78 is 26.7. The van der Waals surface area contributed by atoms with Crippen LogP contribution >= 0.6 is 11.6 Å². The average molecular weight is 296 g/mol. The zero-order valence-electron chi connectivity index (χ0n) is 11.4. The number of hydrogen-bond donors (Lipinski definition) is 1. The molecule has 0 heterocycles. The third kappa shape index (κ3) is 3.56. The number of hydrogen-bond acceptors (Lipinski definition) is 1. The Morgan fingerprint density at radius 3 is 2.50 bits per heavy atom. The summed E-state index contributed by atoms with van der Waals surface area (Å²) >= 11 is 6.14. The Labute approximate surface area is 122 Å². The molecule has 4 heteroatoms. The minimum atomic E-state index is -0.582. The van der Waals surface area contributed by atoms with Gasteiger partial charge in [-0.15, -0.1) is 0 Å². The van der Waals surface area contributed by atoms with E-state index in [-0.39, 0.29) is 0 Å². The van der Waals surface area contributed by atoms with Gasteiger partial charge in [-0.1, -0.05) is 31.5 Å². The molecule has 0 saturated carbocycles. The molecule has 0 aliphatic heterocycles. The van der Waals surface area contributed by atoms with Crippen molar-refractivity contribution in [2.45, 2.75) is 26.4 Å². The zero-order valence-corrected chi connectivity index (χ0v) is 12.1. The fourth-order valence-corrected chi connectivity index (χ4v) is 2.10. The molecule has 1 N–H and O–H groups in total. The van der Waals surface area contributed by atoms with Crippen molar-refractivity contribution in [2.24, 2.45) is 0 Å². The second-order valence-electron chi connectivity index (χ2n) is 4.97. The highest BCUT2D eigenvalue weighted by Crippen LogP contribution is 2.27. The molecule has 0 aromatic heterocycles. The summed E-state index contributed by atoms with van der Waals surface area (Å²) in [5.41, 5.74) is 1.95. The van der Waals surface area contributed by atoms with Crippen LogP contribution in [0.5, 0.6) is 0 Å². The maximum Gasteiger partial charge on any atom is 0.133 e. The van der Waals surface area contributed by atoms with Crippen LogP contribution in [0.4, 0.5) is 8.78 Å². The van der Waals surface area contributed by atoms with E-state index >= 15 is 0 Å². The largest absolute Gasteiger partial charge is 0.310 e. The third-order valence-electron chi connectivity index (χ3n) is 2.99. The molecule has 0 radical (unpaired) electrons. The van der Waals surface area contributed by atoms with Crippen LogP contribution in [0.1, 0.15) is 19.4 Å². The van der Waals surface area contributed by atoms with Crippen molar-refractivity contribution in [3.8, 4) is 11.1 Å². The van der Waals surface area contributed by atoms with E-state index in [1.54, 1.807) is 12.1 Å². The third-order valence-corrected chi connectivity index (χ3v) is 3.36. The van der Waals surface area contributed by atoms with E-state index in [0.29, 0.717) is 28.7 Å². The van der Waals surface area contributed by atoms with Crippen molar-refractivity contribution in [3.05, 3.63) is 58.6 Å². The molecule has 0 saturated heterocycles.